The van der Waals surface area contributed by atoms with Crippen molar-refractivity contribution in [2.75, 3.05) is 0 Å². The Morgan fingerprint density at radius 3 is 2.81 bits per heavy atom. The number of carbonyl (C=O) groups is 1. The standard InChI is InChI=1S/C16H18O5/c1-6(2)9-10-7(3)19-11(9)12-14(4)15(10,18)5-8-16(14,21-8)13(17)20-12/h8-12,18H,1,3,5H2,2,4H3/t8-,9+,10?,11?,12-,14-,15-,16+/m1/s1. The largest absolute Gasteiger partial charge is 0.490 e. The zero-order valence-corrected chi connectivity index (χ0v) is 12.1. The van der Waals surface area contributed by atoms with Crippen LogP contribution >= 0.6 is 0 Å². The highest BCUT2D eigenvalue weighted by Crippen LogP contribution is 2.77. The first-order chi connectivity index (χ1) is 9.79. The fourth-order valence-electron chi connectivity index (χ4n) is 5.75. The number of aliphatic hydroxyl groups is 1. The maximum atomic E-state index is 12.4. The number of hydrogen-bond donors (Lipinski definition) is 1. The van der Waals surface area contributed by atoms with Crippen LogP contribution in [0.15, 0.2) is 24.5 Å². The number of fused-ring (bicyclic) bond motifs is 4. The summed E-state index contributed by atoms with van der Waals surface area (Å²) in [6.45, 7) is 11.9. The third-order valence-electron chi connectivity index (χ3n) is 6.73. The molecular formula is C16H18O5. The van der Waals surface area contributed by atoms with E-state index >= 15 is 0 Å². The van der Waals surface area contributed by atoms with E-state index in [2.05, 4.69) is 13.2 Å². The summed E-state index contributed by atoms with van der Waals surface area (Å²) in [4.78, 5) is 12.4. The van der Waals surface area contributed by atoms with Gasteiger partial charge in [-0.2, -0.15) is 0 Å². The lowest BCUT2D eigenvalue weighted by molar-refractivity contribution is -0.194. The Kier molecular flexibility index (Phi) is 1.70. The second kappa shape index (κ2) is 2.92. The van der Waals surface area contributed by atoms with Gasteiger partial charge in [-0.1, -0.05) is 18.7 Å². The number of rotatable bonds is 1. The van der Waals surface area contributed by atoms with Gasteiger partial charge in [0.15, 0.2) is 6.10 Å². The fourth-order valence-corrected chi connectivity index (χ4v) is 5.75. The fraction of sp³-hybridized carbons (Fsp3) is 0.688. The highest BCUT2D eigenvalue weighted by atomic mass is 16.7. The Balaban J connectivity index is 1.78. The molecule has 3 aliphatic heterocycles. The summed E-state index contributed by atoms with van der Waals surface area (Å²) in [5, 5.41) is 11.5. The Bertz CT molecular complexity index is 641. The van der Waals surface area contributed by atoms with Crippen molar-refractivity contribution >= 4 is 5.97 Å². The van der Waals surface area contributed by atoms with Gasteiger partial charge >= 0.3 is 5.97 Å². The molecule has 5 nitrogen and oxygen atoms in total. The van der Waals surface area contributed by atoms with E-state index in [9.17, 15) is 9.90 Å². The zero-order chi connectivity index (χ0) is 14.9. The summed E-state index contributed by atoms with van der Waals surface area (Å²) in [7, 11) is 0. The summed E-state index contributed by atoms with van der Waals surface area (Å²) in [5.41, 5.74) is -1.92. The number of hydrogen-bond acceptors (Lipinski definition) is 5. The Morgan fingerprint density at radius 1 is 1.43 bits per heavy atom. The van der Waals surface area contributed by atoms with Gasteiger partial charge < -0.3 is 19.3 Å². The molecule has 1 N–H and O–H groups in total. The average molecular weight is 290 g/mol. The molecule has 21 heavy (non-hydrogen) atoms. The topological polar surface area (TPSA) is 68.3 Å². The van der Waals surface area contributed by atoms with Gasteiger partial charge in [0.1, 0.15) is 12.2 Å². The highest BCUT2D eigenvalue weighted by Gasteiger charge is 2.94. The summed E-state index contributed by atoms with van der Waals surface area (Å²) in [5.74, 6) is -0.0816. The van der Waals surface area contributed by atoms with Gasteiger partial charge in [-0.05, 0) is 13.8 Å². The molecule has 5 aliphatic rings. The van der Waals surface area contributed by atoms with Crippen LogP contribution in [0.25, 0.3) is 0 Å². The Morgan fingerprint density at radius 2 is 2.14 bits per heavy atom. The Labute approximate surface area is 122 Å². The summed E-state index contributed by atoms with van der Waals surface area (Å²) in [6, 6.07) is 0. The van der Waals surface area contributed by atoms with Gasteiger partial charge in [0.05, 0.1) is 22.7 Å². The van der Waals surface area contributed by atoms with Crippen LogP contribution in [0.2, 0.25) is 0 Å². The monoisotopic (exact) mass is 290 g/mol. The van der Waals surface area contributed by atoms with E-state index < -0.39 is 22.7 Å². The second-order valence-corrected chi connectivity index (χ2v) is 7.40. The van der Waals surface area contributed by atoms with Crippen LogP contribution in [-0.4, -0.2) is 40.6 Å². The van der Waals surface area contributed by atoms with Crippen LogP contribution < -0.4 is 0 Å². The first-order valence-electron chi connectivity index (χ1n) is 7.41. The molecule has 8 atom stereocenters. The number of carbonyl (C=O) groups excluding carboxylic acids is 1. The van der Waals surface area contributed by atoms with Crippen LogP contribution in [0.5, 0.6) is 0 Å². The van der Waals surface area contributed by atoms with Crippen LogP contribution in [0.1, 0.15) is 20.3 Å². The zero-order valence-electron chi connectivity index (χ0n) is 12.1. The lowest BCUT2D eigenvalue weighted by Gasteiger charge is -2.51. The average Bonchev–Trinajstić information content (AvgIpc) is 2.86. The van der Waals surface area contributed by atoms with Crippen LogP contribution in [0, 0.1) is 17.3 Å². The normalized spacial score (nSPS) is 62.0. The lowest BCUT2D eigenvalue weighted by atomic mass is 9.53. The van der Waals surface area contributed by atoms with Crippen molar-refractivity contribution in [1.29, 1.82) is 0 Å². The SMILES string of the molecule is C=C1OC2[C@@H](C(=C)C)C1[C@]1(O)C[C@H]3O[C@]34C(=O)O[C@H]2[C@]14C. The lowest BCUT2D eigenvalue weighted by Crippen LogP contribution is -2.65. The first kappa shape index (κ1) is 12.2. The minimum absolute atomic E-state index is 0.0685. The molecule has 3 saturated heterocycles. The summed E-state index contributed by atoms with van der Waals surface area (Å²) >= 11 is 0. The van der Waals surface area contributed by atoms with Gasteiger partial charge in [0.2, 0.25) is 5.60 Å². The minimum atomic E-state index is -1.10. The predicted molar refractivity (Wildman–Crippen MR) is 71.0 cm³/mol. The minimum Gasteiger partial charge on any atom is -0.490 e. The van der Waals surface area contributed by atoms with E-state index in [-0.39, 0.29) is 30.0 Å². The molecule has 0 aromatic heterocycles. The van der Waals surface area contributed by atoms with Gasteiger partial charge in [0.25, 0.3) is 0 Å². The van der Waals surface area contributed by atoms with Crippen molar-refractivity contribution in [3.8, 4) is 0 Å². The molecule has 5 fully saturated rings. The molecule has 5 rings (SSSR count). The smallest absolute Gasteiger partial charge is 0.342 e. The van der Waals surface area contributed by atoms with Gasteiger partial charge in [0, 0.05) is 12.3 Å². The molecule has 0 radical (unpaired) electrons. The van der Waals surface area contributed by atoms with Gasteiger partial charge in [-0.15, -0.1) is 0 Å². The van der Waals surface area contributed by atoms with Crippen molar-refractivity contribution in [2.24, 2.45) is 17.3 Å². The van der Waals surface area contributed by atoms with E-state index in [1.165, 1.54) is 0 Å². The molecule has 1 spiro atoms. The number of ether oxygens (including phenoxy) is 3. The molecule has 5 heteroatoms. The van der Waals surface area contributed by atoms with E-state index in [4.69, 9.17) is 14.2 Å². The summed E-state index contributed by atoms with van der Waals surface area (Å²) < 4.78 is 17.3. The quantitative estimate of drug-likeness (QED) is 0.442. The molecule has 0 aromatic rings. The van der Waals surface area contributed by atoms with E-state index in [1.807, 2.05) is 13.8 Å². The maximum absolute atomic E-state index is 12.4. The Hall–Kier alpha value is -1.33. The first-order valence-corrected chi connectivity index (χ1v) is 7.41. The number of esters is 1. The molecule has 0 amide bonds. The summed E-state index contributed by atoms with van der Waals surface area (Å²) in [6.07, 6.45) is -0.655. The van der Waals surface area contributed by atoms with Crippen molar-refractivity contribution in [3.63, 3.8) is 0 Å². The van der Waals surface area contributed by atoms with Gasteiger partial charge in [-0.3, -0.25) is 0 Å². The van der Waals surface area contributed by atoms with E-state index in [1.54, 1.807) is 0 Å². The molecule has 0 aromatic carbocycles. The molecule has 2 saturated carbocycles. The molecule has 112 valence electrons. The third-order valence-corrected chi connectivity index (χ3v) is 6.73. The van der Waals surface area contributed by atoms with Crippen molar-refractivity contribution in [2.45, 2.75) is 49.8 Å². The van der Waals surface area contributed by atoms with Crippen LogP contribution in [-0.2, 0) is 19.0 Å². The molecule has 2 aliphatic carbocycles. The number of epoxide rings is 1. The molecule has 3 heterocycles. The molecule has 2 unspecified atom stereocenters. The van der Waals surface area contributed by atoms with Crippen molar-refractivity contribution < 1.29 is 24.1 Å². The van der Waals surface area contributed by atoms with E-state index in [0.717, 1.165) is 5.57 Å². The van der Waals surface area contributed by atoms with Crippen LogP contribution in [0.3, 0.4) is 0 Å². The van der Waals surface area contributed by atoms with E-state index in [0.29, 0.717) is 12.2 Å². The second-order valence-electron chi connectivity index (χ2n) is 7.40. The maximum Gasteiger partial charge on any atom is 0.342 e. The molecule has 2 bridgehead atoms. The van der Waals surface area contributed by atoms with Crippen molar-refractivity contribution in [1.82, 2.24) is 0 Å². The van der Waals surface area contributed by atoms with Crippen LogP contribution in [0.4, 0.5) is 0 Å². The molecular weight excluding hydrogens is 272 g/mol. The highest BCUT2D eigenvalue weighted by molar-refractivity contribution is 5.89. The predicted octanol–water partition coefficient (Wildman–Crippen LogP) is 0.925. The van der Waals surface area contributed by atoms with Crippen molar-refractivity contribution in [3.05, 3.63) is 24.5 Å². The van der Waals surface area contributed by atoms with Gasteiger partial charge in [-0.25, -0.2) is 4.79 Å². The third kappa shape index (κ3) is 0.883.